The van der Waals surface area contributed by atoms with Crippen molar-refractivity contribution >= 4 is 50.1 Å². The summed E-state index contributed by atoms with van der Waals surface area (Å²) in [7, 11) is 0. The van der Waals surface area contributed by atoms with E-state index in [0.29, 0.717) is 10.6 Å². The largest absolute Gasteiger partial charge is 0.192 e. The maximum atomic E-state index is 8.76. The van der Waals surface area contributed by atoms with Gasteiger partial charge >= 0.3 is 0 Å². The third-order valence-electron chi connectivity index (χ3n) is 1.43. The summed E-state index contributed by atoms with van der Waals surface area (Å²) >= 11 is 11.3. The molecule has 0 amide bonds. The van der Waals surface area contributed by atoms with Gasteiger partial charge in [-0.2, -0.15) is 5.26 Å². The normalized spacial score (nSPS) is 9.50. The Balaban J connectivity index is 3.36. The lowest BCUT2D eigenvalue weighted by Gasteiger charge is -2.03. The van der Waals surface area contributed by atoms with Gasteiger partial charge in [-0.05, 0) is 34.2 Å². The summed E-state index contributed by atoms with van der Waals surface area (Å²) in [5, 5.41) is 10.0. The van der Waals surface area contributed by atoms with Gasteiger partial charge in [0, 0.05) is 8.90 Å². The van der Waals surface area contributed by atoms with Gasteiger partial charge in [0.2, 0.25) is 0 Å². The number of alkyl halides is 1. The van der Waals surface area contributed by atoms with Gasteiger partial charge < -0.3 is 0 Å². The van der Waals surface area contributed by atoms with Gasteiger partial charge in [0.1, 0.15) is 6.07 Å². The van der Waals surface area contributed by atoms with E-state index in [9.17, 15) is 0 Å². The van der Waals surface area contributed by atoms with E-state index in [1.54, 1.807) is 6.07 Å². The highest BCUT2D eigenvalue weighted by molar-refractivity contribution is 14.1. The number of nitrogens with zero attached hydrogens (tertiary/aromatic N) is 1. The first-order valence-electron chi connectivity index (χ1n) is 3.13. The van der Waals surface area contributed by atoms with Gasteiger partial charge in [-0.15, -0.1) is 0 Å². The number of halogens is 3. The van der Waals surface area contributed by atoms with Crippen molar-refractivity contribution in [1.29, 1.82) is 5.26 Å². The molecule has 0 atom stereocenters. The van der Waals surface area contributed by atoms with Gasteiger partial charge in [-0.1, -0.05) is 33.6 Å². The molecule has 0 radical (unpaired) electrons. The van der Waals surface area contributed by atoms with Crippen molar-refractivity contribution in [2.24, 2.45) is 0 Å². The SMILES string of the molecule is N#Cc1c(Cl)ccc(CBr)c1I. The second kappa shape index (κ2) is 4.45. The van der Waals surface area contributed by atoms with Crippen molar-refractivity contribution in [1.82, 2.24) is 0 Å². The molecule has 0 saturated carbocycles. The van der Waals surface area contributed by atoms with E-state index in [1.165, 1.54) is 0 Å². The molecule has 0 aliphatic heterocycles. The van der Waals surface area contributed by atoms with Crippen LogP contribution in [-0.4, -0.2) is 0 Å². The highest BCUT2D eigenvalue weighted by Gasteiger charge is 2.07. The summed E-state index contributed by atoms with van der Waals surface area (Å²) in [4.78, 5) is 0. The van der Waals surface area contributed by atoms with Crippen LogP contribution in [0, 0.1) is 14.9 Å². The molecule has 0 aliphatic rings. The van der Waals surface area contributed by atoms with Crippen LogP contribution in [0.1, 0.15) is 11.1 Å². The molecule has 0 N–H and O–H groups in total. The molecule has 1 aromatic carbocycles. The van der Waals surface area contributed by atoms with Crippen molar-refractivity contribution in [3.63, 3.8) is 0 Å². The molecular formula is C8H4BrClIN. The Morgan fingerprint density at radius 3 is 2.75 bits per heavy atom. The minimum absolute atomic E-state index is 0.520. The molecule has 0 saturated heterocycles. The topological polar surface area (TPSA) is 23.8 Å². The molecule has 0 aliphatic carbocycles. The van der Waals surface area contributed by atoms with Crippen LogP contribution in [0.25, 0.3) is 0 Å². The fourth-order valence-electron chi connectivity index (χ4n) is 0.801. The van der Waals surface area contributed by atoms with Gasteiger partial charge in [-0.3, -0.25) is 0 Å². The minimum Gasteiger partial charge on any atom is -0.192 e. The van der Waals surface area contributed by atoms with Crippen LogP contribution < -0.4 is 0 Å². The maximum absolute atomic E-state index is 8.76. The van der Waals surface area contributed by atoms with Crippen LogP contribution in [-0.2, 0) is 5.33 Å². The van der Waals surface area contributed by atoms with Crippen LogP contribution in [0.4, 0.5) is 0 Å². The molecule has 0 bridgehead atoms. The van der Waals surface area contributed by atoms with Crippen molar-refractivity contribution < 1.29 is 0 Å². The van der Waals surface area contributed by atoms with Crippen LogP contribution >= 0.6 is 50.1 Å². The molecule has 1 rings (SSSR count). The lowest BCUT2D eigenvalue weighted by Crippen LogP contribution is -1.89. The molecular weight excluding hydrogens is 352 g/mol. The van der Waals surface area contributed by atoms with Crippen molar-refractivity contribution in [2.45, 2.75) is 5.33 Å². The summed E-state index contributed by atoms with van der Waals surface area (Å²) in [5.74, 6) is 0. The van der Waals surface area contributed by atoms with Crippen molar-refractivity contribution in [3.05, 3.63) is 31.9 Å². The Morgan fingerprint density at radius 1 is 1.58 bits per heavy atom. The van der Waals surface area contributed by atoms with Crippen molar-refractivity contribution in [3.8, 4) is 6.07 Å². The zero-order valence-corrected chi connectivity index (χ0v) is 10.4. The van der Waals surface area contributed by atoms with E-state index in [0.717, 1.165) is 14.5 Å². The van der Waals surface area contributed by atoms with E-state index in [4.69, 9.17) is 16.9 Å². The fraction of sp³-hybridized carbons (Fsp3) is 0.125. The summed E-state index contributed by atoms with van der Waals surface area (Å²) in [6, 6.07) is 5.74. The first-order chi connectivity index (χ1) is 5.70. The number of hydrogen-bond acceptors (Lipinski definition) is 1. The lowest BCUT2D eigenvalue weighted by atomic mass is 10.1. The summed E-state index contributed by atoms with van der Waals surface area (Å²) < 4.78 is 0.930. The molecule has 0 heterocycles. The van der Waals surface area contributed by atoms with Crippen LogP contribution in [0.15, 0.2) is 12.1 Å². The van der Waals surface area contributed by atoms with E-state index < -0.39 is 0 Å². The quantitative estimate of drug-likeness (QED) is 0.556. The predicted molar refractivity (Wildman–Crippen MR) is 61.5 cm³/mol. The highest BCUT2D eigenvalue weighted by atomic mass is 127. The number of hydrogen-bond donors (Lipinski definition) is 0. The van der Waals surface area contributed by atoms with E-state index in [1.807, 2.05) is 6.07 Å². The summed E-state index contributed by atoms with van der Waals surface area (Å²) in [6.07, 6.45) is 0. The Hall–Kier alpha value is 0.210. The fourth-order valence-corrected chi connectivity index (χ4v) is 2.93. The summed E-state index contributed by atoms with van der Waals surface area (Å²) in [5.41, 5.74) is 1.66. The Bertz CT molecular complexity index is 346. The zero-order valence-electron chi connectivity index (χ0n) is 5.94. The van der Waals surface area contributed by atoms with Gasteiger partial charge in [-0.25, -0.2) is 0 Å². The molecule has 1 nitrogen and oxygen atoms in total. The number of nitriles is 1. The third-order valence-corrected chi connectivity index (χ3v) is 3.58. The maximum Gasteiger partial charge on any atom is 0.102 e. The van der Waals surface area contributed by atoms with E-state index >= 15 is 0 Å². The zero-order chi connectivity index (χ0) is 9.14. The van der Waals surface area contributed by atoms with Gasteiger partial charge in [0.25, 0.3) is 0 Å². The highest BCUT2D eigenvalue weighted by Crippen LogP contribution is 2.25. The second-order valence-electron chi connectivity index (χ2n) is 2.14. The predicted octanol–water partition coefficient (Wildman–Crippen LogP) is 3.71. The van der Waals surface area contributed by atoms with Crippen LogP contribution in [0.5, 0.6) is 0 Å². The Morgan fingerprint density at radius 2 is 2.25 bits per heavy atom. The molecule has 0 aromatic heterocycles. The molecule has 0 fully saturated rings. The smallest absolute Gasteiger partial charge is 0.102 e. The average molecular weight is 356 g/mol. The number of rotatable bonds is 1. The van der Waals surface area contributed by atoms with E-state index in [-0.39, 0.29) is 0 Å². The van der Waals surface area contributed by atoms with Crippen LogP contribution in [0.3, 0.4) is 0 Å². The molecule has 0 spiro atoms. The first-order valence-corrected chi connectivity index (χ1v) is 5.71. The van der Waals surface area contributed by atoms with Crippen LogP contribution in [0.2, 0.25) is 5.02 Å². The number of benzene rings is 1. The first kappa shape index (κ1) is 10.3. The molecule has 12 heavy (non-hydrogen) atoms. The summed E-state index contributed by atoms with van der Waals surface area (Å²) in [6.45, 7) is 0. The second-order valence-corrected chi connectivity index (χ2v) is 4.19. The van der Waals surface area contributed by atoms with E-state index in [2.05, 4.69) is 44.6 Å². The molecule has 0 unspecified atom stereocenters. The molecule has 1 aromatic rings. The Labute approximate surface area is 98.0 Å². The van der Waals surface area contributed by atoms with Gasteiger partial charge in [0.05, 0.1) is 10.6 Å². The lowest BCUT2D eigenvalue weighted by molar-refractivity contribution is 1.36. The monoisotopic (exact) mass is 355 g/mol. The van der Waals surface area contributed by atoms with Crippen molar-refractivity contribution in [2.75, 3.05) is 0 Å². The molecule has 62 valence electrons. The minimum atomic E-state index is 0.520. The molecule has 4 heteroatoms. The standard InChI is InChI=1S/C8H4BrClIN/c9-3-5-1-2-7(10)6(4-12)8(5)11/h1-2H,3H2. The average Bonchev–Trinajstić information content (AvgIpc) is 2.06. The third kappa shape index (κ3) is 1.93. The Kier molecular flexibility index (Phi) is 3.81. The van der Waals surface area contributed by atoms with Gasteiger partial charge in [0.15, 0.2) is 0 Å².